The number of aryl methyl sites for hydroxylation is 6. The second kappa shape index (κ2) is 13.6. The Morgan fingerprint density at radius 1 is 0.350 bits per heavy atom. The maximum atomic E-state index is 6.87. The minimum Gasteiger partial charge on any atom is -0.456 e. The van der Waals surface area contributed by atoms with Gasteiger partial charge in [0.15, 0.2) is 0 Å². The van der Waals surface area contributed by atoms with E-state index in [0.717, 1.165) is 99.3 Å². The van der Waals surface area contributed by atoms with Gasteiger partial charge in [0.25, 0.3) is 0 Å². The van der Waals surface area contributed by atoms with E-state index in [1.807, 2.05) is 0 Å². The van der Waals surface area contributed by atoms with Gasteiger partial charge in [-0.3, -0.25) is 0 Å². The number of fused-ring (bicyclic) bond motifs is 9. The first-order valence-corrected chi connectivity index (χ1v) is 20.7. The highest BCUT2D eigenvalue weighted by atomic mass is 16.3. The molecule has 11 rings (SSSR count). The lowest BCUT2D eigenvalue weighted by atomic mass is 9.96. The standard InChI is InChI=1S/C56H44N2O2/c1-33-17-19-35(3)49(25-33)57(43-13-9-7-10-14-43)45-23-21-39-29-47-51(31-41(39)27-45)59-55-37(5)38(6)56-54(53(47)55)48-30-40-22-24-46(28-42(40)32-52(48)60-56)58(44-15-11-8-12-16-44)50-26-34(2)18-20-36(50)4/h7-32H,1-6H3. The summed E-state index contributed by atoms with van der Waals surface area (Å²) in [6, 6.07) is 57.1. The number of hydrogen-bond acceptors (Lipinski definition) is 4. The SMILES string of the molecule is Cc1ccc(C)c(N(c2ccccc2)c2ccc3cc4c(cc3c2)oc2c(C)c(C)c3oc5cc6cc(N(c7ccccc7)c7cc(C)ccc7C)ccc6cc5c3c24)c1. The predicted molar refractivity (Wildman–Crippen MR) is 254 cm³/mol. The van der Waals surface area contributed by atoms with Crippen LogP contribution in [0.1, 0.15) is 33.4 Å². The Kier molecular flexibility index (Phi) is 8.15. The van der Waals surface area contributed by atoms with E-state index < -0.39 is 0 Å². The molecule has 0 aliphatic heterocycles. The molecule has 11 aromatic rings. The number of para-hydroxylation sites is 2. The molecule has 0 unspecified atom stereocenters. The highest BCUT2D eigenvalue weighted by molar-refractivity contribution is 6.29. The largest absolute Gasteiger partial charge is 0.456 e. The fraction of sp³-hybridized carbons (Fsp3) is 0.107. The van der Waals surface area contributed by atoms with Gasteiger partial charge >= 0.3 is 0 Å². The third kappa shape index (κ3) is 5.66. The fourth-order valence-corrected chi connectivity index (χ4v) is 9.23. The first-order valence-electron chi connectivity index (χ1n) is 20.7. The first-order chi connectivity index (χ1) is 29.2. The Balaban J connectivity index is 1.09. The van der Waals surface area contributed by atoms with Gasteiger partial charge in [0.2, 0.25) is 0 Å². The van der Waals surface area contributed by atoms with Crippen LogP contribution in [-0.2, 0) is 0 Å². The highest BCUT2D eigenvalue weighted by Gasteiger charge is 2.23. The molecule has 4 nitrogen and oxygen atoms in total. The van der Waals surface area contributed by atoms with E-state index in [0.29, 0.717) is 0 Å². The zero-order chi connectivity index (χ0) is 40.8. The van der Waals surface area contributed by atoms with Crippen LogP contribution < -0.4 is 9.80 Å². The van der Waals surface area contributed by atoms with E-state index in [-0.39, 0.29) is 0 Å². The first kappa shape index (κ1) is 35.8. The third-order valence-electron chi connectivity index (χ3n) is 12.5. The number of benzene rings is 9. The van der Waals surface area contributed by atoms with E-state index in [9.17, 15) is 0 Å². The second-order valence-electron chi connectivity index (χ2n) is 16.5. The normalized spacial score (nSPS) is 11.8. The maximum absolute atomic E-state index is 6.87. The molecule has 2 aromatic heterocycles. The van der Waals surface area contributed by atoms with Gasteiger partial charge in [0, 0.05) is 55.7 Å². The molecule has 0 saturated heterocycles. The van der Waals surface area contributed by atoms with Crippen molar-refractivity contribution in [1.29, 1.82) is 0 Å². The maximum Gasteiger partial charge on any atom is 0.139 e. The zero-order valence-electron chi connectivity index (χ0n) is 34.7. The molecule has 0 aliphatic carbocycles. The highest BCUT2D eigenvalue weighted by Crippen LogP contribution is 2.47. The van der Waals surface area contributed by atoms with Crippen molar-refractivity contribution in [3.05, 3.63) is 191 Å². The van der Waals surface area contributed by atoms with Crippen LogP contribution in [0.4, 0.5) is 34.1 Å². The van der Waals surface area contributed by atoms with Crippen LogP contribution in [0, 0.1) is 41.5 Å². The fourth-order valence-electron chi connectivity index (χ4n) is 9.23. The number of anilines is 6. The number of furan rings is 2. The summed E-state index contributed by atoms with van der Waals surface area (Å²) in [5.41, 5.74) is 17.4. The summed E-state index contributed by atoms with van der Waals surface area (Å²) in [6.45, 7) is 13.0. The lowest BCUT2D eigenvalue weighted by Gasteiger charge is -2.27. The van der Waals surface area contributed by atoms with Crippen LogP contribution in [0.2, 0.25) is 0 Å². The molecule has 0 saturated carbocycles. The van der Waals surface area contributed by atoms with Crippen molar-refractivity contribution < 1.29 is 8.83 Å². The molecule has 0 spiro atoms. The topological polar surface area (TPSA) is 32.8 Å². The molecular weight excluding hydrogens is 733 g/mol. The molecule has 60 heavy (non-hydrogen) atoms. The van der Waals surface area contributed by atoms with Crippen LogP contribution in [0.3, 0.4) is 0 Å². The molecule has 0 fully saturated rings. The van der Waals surface area contributed by atoms with Crippen molar-refractivity contribution in [3.8, 4) is 0 Å². The minimum absolute atomic E-state index is 0.870. The molecule has 0 radical (unpaired) electrons. The summed E-state index contributed by atoms with van der Waals surface area (Å²) in [4.78, 5) is 4.71. The Bertz CT molecular complexity index is 3270. The van der Waals surface area contributed by atoms with Crippen molar-refractivity contribution in [3.63, 3.8) is 0 Å². The van der Waals surface area contributed by atoms with Crippen LogP contribution in [0.5, 0.6) is 0 Å². The minimum atomic E-state index is 0.870. The molecule has 9 aromatic carbocycles. The summed E-state index contributed by atoms with van der Waals surface area (Å²) in [6.07, 6.45) is 0. The average Bonchev–Trinajstić information content (AvgIpc) is 3.82. The molecule has 0 N–H and O–H groups in total. The summed E-state index contributed by atoms with van der Waals surface area (Å²) in [5.74, 6) is 0. The molecule has 290 valence electrons. The number of nitrogens with zero attached hydrogens (tertiary/aromatic N) is 2. The van der Waals surface area contributed by atoms with E-state index in [1.54, 1.807) is 0 Å². The smallest absolute Gasteiger partial charge is 0.139 e. The Morgan fingerprint density at radius 2 is 0.767 bits per heavy atom. The predicted octanol–water partition coefficient (Wildman–Crippen LogP) is 16.6. The molecule has 0 atom stereocenters. The van der Waals surface area contributed by atoms with Crippen LogP contribution >= 0.6 is 0 Å². The van der Waals surface area contributed by atoms with Gasteiger partial charge in [-0.1, -0.05) is 72.8 Å². The van der Waals surface area contributed by atoms with Crippen LogP contribution in [-0.4, -0.2) is 0 Å². The summed E-state index contributed by atoms with van der Waals surface area (Å²) < 4.78 is 13.7. The second-order valence-corrected chi connectivity index (χ2v) is 16.5. The quantitative estimate of drug-likeness (QED) is 0.168. The Morgan fingerprint density at radius 3 is 1.18 bits per heavy atom. The van der Waals surface area contributed by atoms with Crippen molar-refractivity contribution in [2.75, 3.05) is 9.80 Å². The lowest BCUT2D eigenvalue weighted by molar-refractivity contribution is 0.657. The van der Waals surface area contributed by atoms with Crippen molar-refractivity contribution >= 4 is 99.5 Å². The molecule has 0 aliphatic rings. The van der Waals surface area contributed by atoms with Gasteiger partial charge in [-0.05, 0) is 181 Å². The van der Waals surface area contributed by atoms with Gasteiger partial charge in [-0.25, -0.2) is 0 Å². The van der Waals surface area contributed by atoms with E-state index in [1.165, 1.54) is 33.6 Å². The zero-order valence-corrected chi connectivity index (χ0v) is 34.7. The molecule has 0 bridgehead atoms. The van der Waals surface area contributed by atoms with E-state index >= 15 is 0 Å². The van der Waals surface area contributed by atoms with Gasteiger partial charge in [0.05, 0.1) is 0 Å². The number of rotatable bonds is 6. The van der Waals surface area contributed by atoms with Crippen LogP contribution in [0.15, 0.2) is 167 Å². The molecule has 0 amide bonds. The monoisotopic (exact) mass is 776 g/mol. The van der Waals surface area contributed by atoms with Gasteiger partial charge in [0.1, 0.15) is 22.3 Å². The molecule has 4 heteroatoms. The van der Waals surface area contributed by atoms with Gasteiger partial charge in [-0.15, -0.1) is 0 Å². The van der Waals surface area contributed by atoms with E-state index in [2.05, 4.69) is 209 Å². The van der Waals surface area contributed by atoms with Crippen molar-refractivity contribution in [2.45, 2.75) is 41.5 Å². The summed E-state index contributed by atoms with van der Waals surface area (Å²) >= 11 is 0. The van der Waals surface area contributed by atoms with Crippen LogP contribution in [0.25, 0.3) is 65.4 Å². The lowest BCUT2D eigenvalue weighted by Crippen LogP contribution is -2.11. The Hall–Kier alpha value is -7.30. The molecular formula is C56H44N2O2. The van der Waals surface area contributed by atoms with E-state index in [4.69, 9.17) is 8.83 Å². The van der Waals surface area contributed by atoms with Crippen molar-refractivity contribution in [1.82, 2.24) is 0 Å². The number of hydrogen-bond donors (Lipinski definition) is 0. The van der Waals surface area contributed by atoms with Crippen molar-refractivity contribution in [2.24, 2.45) is 0 Å². The Labute approximate surface area is 349 Å². The van der Waals surface area contributed by atoms with Gasteiger partial charge < -0.3 is 18.6 Å². The summed E-state index contributed by atoms with van der Waals surface area (Å²) in [5, 5.41) is 8.97. The summed E-state index contributed by atoms with van der Waals surface area (Å²) in [7, 11) is 0. The molecule has 2 heterocycles. The average molecular weight is 777 g/mol. The third-order valence-corrected chi connectivity index (χ3v) is 12.5. The van der Waals surface area contributed by atoms with Gasteiger partial charge in [-0.2, -0.15) is 0 Å².